The van der Waals surface area contributed by atoms with E-state index in [2.05, 4.69) is 5.73 Å². The molecule has 0 heterocycles. The lowest BCUT2D eigenvalue weighted by Crippen LogP contribution is -2.10. The van der Waals surface area contributed by atoms with Crippen LogP contribution in [-0.2, 0) is 4.79 Å². The normalized spacial score (nSPS) is 6.88. The van der Waals surface area contributed by atoms with Gasteiger partial charge in [-0.1, -0.05) is 29.5 Å². The molecule has 0 saturated heterocycles. The number of primary amides is 1. The number of rotatable bonds is 1. The minimum absolute atomic E-state index is 0.259. The minimum atomic E-state index is -0.259. The van der Waals surface area contributed by atoms with Crippen molar-refractivity contribution >= 4 is 28.5 Å². The van der Waals surface area contributed by atoms with Gasteiger partial charge in [0, 0.05) is 0 Å². The highest BCUT2D eigenvalue weighted by atomic mass is 127. The molecule has 0 aromatic carbocycles. The zero-order chi connectivity index (χ0) is 6.99. The molecule has 0 aromatic heterocycles. The third-order valence-electron chi connectivity index (χ3n) is 0.132. The van der Waals surface area contributed by atoms with E-state index in [1.807, 2.05) is 29.5 Å². The van der Waals surface area contributed by atoms with Crippen LogP contribution >= 0.6 is 22.6 Å². The summed E-state index contributed by atoms with van der Waals surface area (Å²) >= 11 is 1.90. The van der Waals surface area contributed by atoms with Crippen LogP contribution < -0.4 is 11.5 Å². The summed E-state index contributed by atoms with van der Waals surface area (Å²) in [5.74, 6) is -0.259. The van der Waals surface area contributed by atoms with Crippen molar-refractivity contribution < 1.29 is 4.79 Å². The Labute approximate surface area is 62.9 Å². The van der Waals surface area contributed by atoms with Gasteiger partial charge in [0.15, 0.2) is 0 Å². The molecular formula is C4H11IN2O. The summed E-state index contributed by atoms with van der Waals surface area (Å²) in [5.41, 5.74) is 9.49. The molecule has 0 spiro atoms. The monoisotopic (exact) mass is 230 g/mol. The molecule has 0 aliphatic rings. The number of carbonyl (C=O) groups is 1. The summed E-state index contributed by atoms with van der Waals surface area (Å²) in [6.07, 6.45) is 0. The lowest BCUT2D eigenvalue weighted by atomic mass is 10.8. The minimum Gasteiger partial charge on any atom is -0.369 e. The zero-order valence-corrected chi connectivity index (χ0v) is 7.01. The number of amides is 1. The van der Waals surface area contributed by atoms with Crippen LogP contribution in [-0.4, -0.2) is 16.9 Å². The Balaban J connectivity index is 0. The van der Waals surface area contributed by atoms with Gasteiger partial charge < -0.3 is 11.5 Å². The van der Waals surface area contributed by atoms with Crippen molar-refractivity contribution in [3.63, 3.8) is 0 Å². The molecule has 1 amide bonds. The van der Waals surface area contributed by atoms with Gasteiger partial charge in [0.25, 0.3) is 0 Å². The molecule has 0 rings (SSSR count). The van der Waals surface area contributed by atoms with E-state index in [4.69, 9.17) is 5.73 Å². The fraction of sp³-hybridized carbons (Fsp3) is 0.750. The SMILES string of the molecule is CCN.NC(=O)CI. The van der Waals surface area contributed by atoms with Crippen molar-refractivity contribution in [3.05, 3.63) is 0 Å². The Hall–Kier alpha value is 0.160. The van der Waals surface area contributed by atoms with E-state index in [-0.39, 0.29) is 5.91 Å². The number of hydrogen-bond donors (Lipinski definition) is 2. The predicted molar refractivity (Wildman–Crippen MR) is 42.8 cm³/mol. The fourth-order valence-corrected chi connectivity index (χ4v) is 0. The molecule has 0 radical (unpaired) electrons. The van der Waals surface area contributed by atoms with Crippen LogP contribution in [0.15, 0.2) is 0 Å². The fourth-order valence-electron chi connectivity index (χ4n) is 0. The second-order valence-corrected chi connectivity index (χ2v) is 1.77. The van der Waals surface area contributed by atoms with Crippen LogP contribution in [0.4, 0.5) is 0 Å². The van der Waals surface area contributed by atoms with Gasteiger partial charge in [0.2, 0.25) is 5.91 Å². The Morgan fingerprint density at radius 2 is 1.88 bits per heavy atom. The molecule has 8 heavy (non-hydrogen) atoms. The number of nitrogens with two attached hydrogens (primary N) is 2. The van der Waals surface area contributed by atoms with Gasteiger partial charge in [-0.3, -0.25) is 4.79 Å². The van der Waals surface area contributed by atoms with Crippen LogP contribution in [0.3, 0.4) is 0 Å². The molecule has 0 aromatic rings. The summed E-state index contributed by atoms with van der Waals surface area (Å²) in [5, 5.41) is 0. The lowest BCUT2D eigenvalue weighted by Gasteiger charge is -1.71. The standard InChI is InChI=1S/C2H4INO.C2H7N/c3-1-2(4)5;1-2-3/h1H2,(H2,4,5);2-3H2,1H3. The van der Waals surface area contributed by atoms with Crippen molar-refractivity contribution in [2.24, 2.45) is 11.5 Å². The first-order chi connectivity index (χ1) is 3.68. The first-order valence-corrected chi connectivity index (χ1v) is 3.75. The first-order valence-electron chi connectivity index (χ1n) is 2.23. The number of halogens is 1. The maximum atomic E-state index is 9.58. The van der Waals surface area contributed by atoms with Crippen molar-refractivity contribution in [1.29, 1.82) is 0 Å². The molecule has 4 N–H and O–H groups in total. The van der Waals surface area contributed by atoms with Crippen molar-refractivity contribution in [1.82, 2.24) is 0 Å². The molecule has 0 aliphatic carbocycles. The quantitative estimate of drug-likeness (QED) is 0.486. The maximum absolute atomic E-state index is 9.58. The summed E-state index contributed by atoms with van der Waals surface area (Å²) in [6.45, 7) is 2.65. The smallest absolute Gasteiger partial charge is 0.227 e. The largest absolute Gasteiger partial charge is 0.369 e. The molecule has 4 heteroatoms. The average Bonchev–Trinajstić information content (AvgIpc) is 1.69. The molecular weight excluding hydrogens is 219 g/mol. The van der Waals surface area contributed by atoms with E-state index in [1.54, 1.807) is 0 Å². The van der Waals surface area contributed by atoms with Gasteiger partial charge in [-0.2, -0.15) is 0 Å². The molecule has 50 valence electrons. The van der Waals surface area contributed by atoms with E-state index in [9.17, 15) is 4.79 Å². The van der Waals surface area contributed by atoms with Crippen LogP contribution in [0.1, 0.15) is 6.92 Å². The maximum Gasteiger partial charge on any atom is 0.227 e. The Morgan fingerprint density at radius 1 is 1.75 bits per heavy atom. The van der Waals surface area contributed by atoms with Gasteiger partial charge in [-0.25, -0.2) is 0 Å². The van der Waals surface area contributed by atoms with Gasteiger partial charge >= 0.3 is 0 Å². The van der Waals surface area contributed by atoms with Gasteiger partial charge in [0.05, 0.1) is 4.43 Å². The van der Waals surface area contributed by atoms with Gasteiger partial charge in [-0.15, -0.1) is 0 Å². The molecule has 3 nitrogen and oxygen atoms in total. The highest BCUT2D eigenvalue weighted by Gasteiger charge is 1.79. The van der Waals surface area contributed by atoms with Crippen LogP contribution in [0.25, 0.3) is 0 Å². The molecule has 0 atom stereocenters. The van der Waals surface area contributed by atoms with Crippen LogP contribution in [0.5, 0.6) is 0 Å². The Bertz CT molecular complexity index is 58.0. The summed E-state index contributed by atoms with van der Waals surface area (Å²) in [6, 6.07) is 0. The summed E-state index contributed by atoms with van der Waals surface area (Å²) in [4.78, 5) is 9.58. The highest BCUT2D eigenvalue weighted by Crippen LogP contribution is 1.72. The van der Waals surface area contributed by atoms with E-state index >= 15 is 0 Å². The first kappa shape index (κ1) is 11.0. The lowest BCUT2D eigenvalue weighted by molar-refractivity contribution is -0.115. The second kappa shape index (κ2) is 10.2. The third kappa shape index (κ3) is 35.2. The highest BCUT2D eigenvalue weighted by molar-refractivity contribution is 14.1. The predicted octanol–water partition coefficient (Wildman–Crippen LogP) is -0.128. The summed E-state index contributed by atoms with van der Waals surface area (Å²) < 4.78 is 0.414. The molecule has 0 aliphatic heterocycles. The second-order valence-electron chi connectivity index (χ2n) is 1.01. The van der Waals surface area contributed by atoms with Crippen molar-refractivity contribution in [3.8, 4) is 0 Å². The molecule has 0 unspecified atom stereocenters. The van der Waals surface area contributed by atoms with E-state index < -0.39 is 0 Å². The number of hydrogen-bond acceptors (Lipinski definition) is 2. The van der Waals surface area contributed by atoms with E-state index in [0.29, 0.717) is 4.43 Å². The van der Waals surface area contributed by atoms with E-state index in [1.165, 1.54) is 0 Å². The van der Waals surface area contributed by atoms with Crippen LogP contribution in [0.2, 0.25) is 0 Å². The molecule has 0 saturated carbocycles. The van der Waals surface area contributed by atoms with Crippen molar-refractivity contribution in [2.45, 2.75) is 6.92 Å². The van der Waals surface area contributed by atoms with E-state index in [0.717, 1.165) is 6.54 Å². The summed E-state index contributed by atoms with van der Waals surface area (Å²) in [7, 11) is 0. The number of alkyl halides is 1. The third-order valence-corrected chi connectivity index (χ3v) is 0.884. The zero-order valence-electron chi connectivity index (χ0n) is 4.86. The average molecular weight is 230 g/mol. The topological polar surface area (TPSA) is 69.1 Å². The van der Waals surface area contributed by atoms with Gasteiger partial charge in [0.1, 0.15) is 0 Å². The van der Waals surface area contributed by atoms with Crippen LogP contribution in [0, 0.1) is 0 Å². The van der Waals surface area contributed by atoms with Gasteiger partial charge in [-0.05, 0) is 6.54 Å². The molecule has 0 bridgehead atoms. The Morgan fingerprint density at radius 3 is 1.88 bits per heavy atom. The number of carbonyl (C=O) groups excluding carboxylic acids is 1. The van der Waals surface area contributed by atoms with Crippen molar-refractivity contribution in [2.75, 3.05) is 11.0 Å². The Kier molecular flexibility index (Phi) is 14.1. The molecule has 0 fully saturated rings.